The number of hydrogen-bond donors (Lipinski definition) is 0. The van der Waals surface area contributed by atoms with E-state index in [0.717, 1.165) is 0 Å². The summed E-state index contributed by atoms with van der Waals surface area (Å²) in [6.45, 7) is 35.6. The van der Waals surface area contributed by atoms with Crippen LogP contribution in [0.2, 0.25) is 0 Å². The van der Waals surface area contributed by atoms with Crippen molar-refractivity contribution < 1.29 is 0 Å². The average Bonchev–Trinajstić information content (AvgIpc) is 2.45. The molecule has 0 radical (unpaired) electrons. The Morgan fingerprint density at radius 1 is 0.789 bits per heavy atom. The summed E-state index contributed by atoms with van der Waals surface area (Å²) < 4.78 is 0. The fourth-order valence-corrected chi connectivity index (χ4v) is 1.47. The predicted octanol–water partition coefficient (Wildman–Crippen LogP) is 7.91. The molecule has 0 fully saturated rings. The van der Waals surface area contributed by atoms with Crippen LogP contribution in [0.25, 0.3) is 0 Å². The average molecular weight is 273 g/mol. The molecule has 0 saturated heterocycles. The van der Waals surface area contributed by atoms with Gasteiger partial charge in [0.2, 0.25) is 0 Å². The summed E-state index contributed by atoms with van der Waals surface area (Å²) >= 11 is 0. The highest BCUT2D eigenvalue weighted by atomic mass is 14.4. The van der Waals surface area contributed by atoms with Crippen LogP contribution in [0.1, 0.15) is 89.5 Å². The van der Waals surface area contributed by atoms with Gasteiger partial charge in [-0.1, -0.05) is 88.3 Å². The molecule has 0 aliphatic carbocycles. The maximum atomic E-state index is 4.06. The highest BCUT2D eigenvalue weighted by molar-refractivity contribution is 5.09. The van der Waals surface area contributed by atoms with Crippen molar-refractivity contribution in [2.24, 2.45) is 10.8 Å². The van der Waals surface area contributed by atoms with Crippen LogP contribution in [0, 0.1) is 10.8 Å². The first-order valence-electron chi connectivity index (χ1n) is 7.91. The highest BCUT2D eigenvalue weighted by Gasteiger charge is 2.35. The Kier molecular flexibility index (Phi) is 32.4. The molecule has 1 atom stereocenters. The van der Waals surface area contributed by atoms with Crippen molar-refractivity contribution in [3.63, 3.8) is 0 Å². The van der Waals surface area contributed by atoms with E-state index in [1.807, 2.05) is 41.5 Å². The van der Waals surface area contributed by atoms with Crippen molar-refractivity contribution in [3.05, 3.63) is 25.3 Å². The lowest BCUT2D eigenvalue weighted by Gasteiger charge is -2.42. The van der Waals surface area contributed by atoms with Crippen molar-refractivity contribution in [1.29, 1.82) is 0 Å². The van der Waals surface area contributed by atoms with Gasteiger partial charge in [0.1, 0.15) is 0 Å². The van der Waals surface area contributed by atoms with E-state index >= 15 is 0 Å². The standard InChI is InChI=1S/C11H22.3C2H6.C2H4/c1-8-11(7,9(2)3)10(4,5)6;4*1-2/h2,8H2,1,3-7H3;3*1-2H3;1-2H2. The van der Waals surface area contributed by atoms with Crippen molar-refractivity contribution in [3.8, 4) is 0 Å². The third-order valence-corrected chi connectivity index (χ3v) is 3.30. The van der Waals surface area contributed by atoms with Gasteiger partial charge in [-0.2, -0.15) is 0 Å². The zero-order valence-electron chi connectivity index (χ0n) is 16.3. The fourth-order valence-electron chi connectivity index (χ4n) is 1.47. The Labute approximate surface area is 126 Å². The first-order chi connectivity index (χ1) is 8.75. The number of hydrogen-bond acceptors (Lipinski definition) is 0. The van der Waals surface area contributed by atoms with E-state index in [2.05, 4.69) is 61.3 Å². The number of rotatable bonds is 2. The second-order valence-corrected chi connectivity index (χ2v) is 4.72. The topological polar surface area (TPSA) is 0 Å². The summed E-state index contributed by atoms with van der Waals surface area (Å²) in [4.78, 5) is 0. The molecule has 120 valence electrons. The van der Waals surface area contributed by atoms with E-state index in [9.17, 15) is 0 Å². The quantitative estimate of drug-likeness (QED) is 0.448. The molecule has 0 aromatic rings. The molecule has 0 aromatic carbocycles. The first-order valence-corrected chi connectivity index (χ1v) is 7.91. The third kappa shape index (κ3) is 13.7. The lowest BCUT2D eigenvalue weighted by atomic mass is 9.63. The highest BCUT2D eigenvalue weighted by Crippen LogP contribution is 2.45. The predicted molar refractivity (Wildman–Crippen MR) is 98.0 cm³/mol. The van der Waals surface area contributed by atoms with Crippen LogP contribution in [-0.4, -0.2) is 0 Å². The molecule has 0 aromatic heterocycles. The normalized spacial score (nSPS) is 11.4. The van der Waals surface area contributed by atoms with Crippen molar-refractivity contribution in [2.45, 2.75) is 89.5 Å². The van der Waals surface area contributed by atoms with Gasteiger partial charge in [-0.05, 0) is 24.2 Å². The van der Waals surface area contributed by atoms with Crippen molar-refractivity contribution in [1.82, 2.24) is 0 Å². The molecule has 0 amide bonds. The first kappa shape index (κ1) is 31.1. The minimum absolute atomic E-state index is 0.285. The van der Waals surface area contributed by atoms with Crippen LogP contribution in [0.4, 0.5) is 0 Å². The molecule has 0 aliphatic rings. The second-order valence-electron chi connectivity index (χ2n) is 4.72. The summed E-state index contributed by atoms with van der Waals surface area (Å²) in [6, 6.07) is 0. The van der Waals surface area contributed by atoms with Crippen molar-refractivity contribution in [2.75, 3.05) is 0 Å². The van der Waals surface area contributed by atoms with E-state index < -0.39 is 0 Å². The van der Waals surface area contributed by atoms with E-state index in [4.69, 9.17) is 0 Å². The van der Waals surface area contributed by atoms with Gasteiger partial charge in [-0.15, -0.1) is 13.2 Å². The van der Waals surface area contributed by atoms with Crippen LogP contribution in [-0.2, 0) is 0 Å². The Morgan fingerprint density at radius 3 is 1.00 bits per heavy atom. The Bertz CT molecular complexity index is 159. The van der Waals surface area contributed by atoms with Gasteiger partial charge < -0.3 is 0 Å². The lowest BCUT2D eigenvalue weighted by Crippen LogP contribution is -2.32. The third-order valence-electron chi connectivity index (χ3n) is 3.30. The molecule has 0 N–H and O–H groups in total. The molecule has 0 aliphatic heterocycles. The minimum Gasteiger partial charge on any atom is -0.106 e. The maximum Gasteiger partial charge on any atom is -0.00759 e. The van der Waals surface area contributed by atoms with E-state index in [1.165, 1.54) is 12.0 Å². The van der Waals surface area contributed by atoms with E-state index in [0.29, 0.717) is 5.41 Å². The lowest BCUT2D eigenvalue weighted by molar-refractivity contribution is 0.148. The van der Waals surface area contributed by atoms with E-state index in [1.54, 1.807) is 0 Å². The zero-order chi connectivity index (χ0) is 17.3. The minimum atomic E-state index is 0.285. The zero-order valence-corrected chi connectivity index (χ0v) is 16.3. The summed E-state index contributed by atoms with van der Waals surface area (Å²) in [7, 11) is 0. The van der Waals surface area contributed by atoms with Crippen LogP contribution in [0.5, 0.6) is 0 Å². The molecule has 0 heterocycles. The van der Waals surface area contributed by atoms with Crippen LogP contribution >= 0.6 is 0 Å². The summed E-state index contributed by atoms with van der Waals surface area (Å²) in [5.74, 6) is 0. The van der Waals surface area contributed by atoms with Gasteiger partial charge in [-0.3, -0.25) is 0 Å². The molecular weight excluding hydrogens is 228 g/mol. The van der Waals surface area contributed by atoms with Crippen molar-refractivity contribution >= 4 is 0 Å². The van der Waals surface area contributed by atoms with Gasteiger partial charge in [0, 0.05) is 0 Å². The Balaban J connectivity index is -0.0000000693. The molecular formula is C19H44. The largest absolute Gasteiger partial charge is 0.106 e. The molecule has 1 unspecified atom stereocenters. The van der Waals surface area contributed by atoms with Gasteiger partial charge in [0.15, 0.2) is 0 Å². The number of allylic oxidation sites excluding steroid dienone is 1. The van der Waals surface area contributed by atoms with Gasteiger partial charge in [-0.25, -0.2) is 0 Å². The maximum absolute atomic E-state index is 4.06. The molecule has 0 bridgehead atoms. The van der Waals surface area contributed by atoms with Crippen LogP contribution in [0.15, 0.2) is 25.3 Å². The molecule has 0 saturated carbocycles. The Hall–Kier alpha value is -0.520. The SMILES string of the molecule is C=C.C=C(C)C(C)(CC)C(C)(C)C.CC.CC.CC. The fraction of sp³-hybridized carbons (Fsp3) is 0.789. The molecule has 0 rings (SSSR count). The van der Waals surface area contributed by atoms with Gasteiger partial charge >= 0.3 is 0 Å². The summed E-state index contributed by atoms with van der Waals surface area (Å²) in [5.41, 5.74) is 1.91. The monoisotopic (exact) mass is 272 g/mol. The smallest absolute Gasteiger partial charge is 0.00759 e. The van der Waals surface area contributed by atoms with E-state index in [-0.39, 0.29) is 5.41 Å². The molecule has 19 heavy (non-hydrogen) atoms. The molecule has 0 spiro atoms. The molecule has 0 nitrogen and oxygen atoms in total. The summed E-state index contributed by atoms with van der Waals surface area (Å²) in [5, 5.41) is 0. The second kappa shape index (κ2) is 19.8. The van der Waals surface area contributed by atoms with Crippen LogP contribution in [0.3, 0.4) is 0 Å². The van der Waals surface area contributed by atoms with Gasteiger partial charge in [0.05, 0.1) is 0 Å². The van der Waals surface area contributed by atoms with Gasteiger partial charge in [0.25, 0.3) is 0 Å². The molecule has 0 heteroatoms. The van der Waals surface area contributed by atoms with Crippen LogP contribution < -0.4 is 0 Å². The Morgan fingerprint density at radius 2 is 1.00 bits per heavy atom. The summed E-state index contributed by atoms with van der Waals surface area (Å²) in [6.07, 6.45) is 1.17.